The first-order valence-corrected chi connectivity index (χ1v) is 8.94. The van der Waals surface area contributed by atoms with Crippen molar-refractivity contribution in [1.29, 1.82) is 0 Å². The molecule has 3 rings (SSSR count). The summed E-state index contributed by atoms with van der Waals surface area (Å²) in [6.07, 6.45) is 6.73. The van der Waals surface area contributed by atoms with Gasteiger partial charge in [0.25, 0.3) is 0 Å². The third-order valence-corrected chi connectivity index (χ3v) is 4.95. The van der Waals surface area contributed by atoms with Gasteiger partial charge in [-0.15, -0.1) is 11.3 Å². The lowest BCUT2D eigenvalue weighted by Gasteiger charge is -2.11. The summed E-state index contributed by atoms with van der Waals surface area (Å²) in [7, 11) is 1.78. The average molecular weight is 374 g/mol. The maximum Gasteiger partial charge on any atom is 0.336 e. The van der Waals surface area contributed by atoms with Crippen molar-refractivity contribution < 1.29 is 9.90 Å². The van der Waals surface area contributed by atoms with Crippen LogP contribution in [0, 0.1) is 0 Å². The molecule has 0 amide bonds. The minimum atomic E-state index is -0.935. The Hall–Kier alpha value is -2.44. The van der Waals surface area contributed by atoms with Crippen LogP contribution in [0.4, 0.5) is 5.13 Å². The number of carboxylic acid groups (broad SMARTS) is 1. The molecule has 25 heavy (non-hydrogen) atoms. The second kappa shape index (κ2) is 7.63. The molecule has 7 heteroatoms. The Balaban J connectivity index is 1.77. The fourth-order valence-electron chi connectivity index (χ4n) is 2.43. The Morgan fingerprint density at radius 2 is 2.12 bits per heavy atom. The van der Waals surface area contributed by atoms with Gasteiger partial charge in [0.1, 0.15) is 0 Å². The van der Waals surface area contributed by atoms with Crippen LogP contribution in [0.3, 0.4) is 0 Å². The van der Waals surface area contributed by atoms with Gasteiger partial charge in [-0.3, -0.25) is 0 Å². The van der Waals surface area contributed by atoms with Crippen LogP contribution >= 0.6 is 22.9 Å². The Morgan fingerprint density at radius 1 is 1.36 bits per heavy atom. The quantitative estimate of drug-likeness (QED) is 0.613. The summed E-state index contributed by atoms with van der Waals surface area (Å²) >= 11 is 7.66. The van der Waals surface area contributed by atoms with Gasteiger partial charge in [-0.2, -0.15) is 5.10 Å². The largest absolute Gasteiger partial charge is 0.478 e. The number of aromatic nitrogens is 1. The molecule has 0 unspecified atom stereocenters. The number of rotatable bonds is 5. The molecule has 1 aromatic heterocycles. The van der Waals surface area contributed by atoms with E-state index in [-0.39, 0.29) is 0 Å². The predicted molar refractivity (Wildman–Crippen MR) is 102 cm³/mol. The van der Waals surface area contributed by atoms with Gasteiger partial charge in [-0.25, -0.2) is 14.8 Å². The van der Waals surface area contributed by atoms with Gasteiger partial charge in [0.05, 0.1) is 17.5 Å². The Kier molecular flexibility index (Phi) is 5.31. The fourth-order valence-corrected chi connectivity index (χ4v) is 3.41. The summed E-state index contributed by atoms with van der Waals surface area (Å²) in [5.74, 6) is -0.935. The van der Waals surface area contributed by atoms with E-state index in [0.29, 0.717) is 21.3 Å². The second-order valence-electron chi connectivity index (χ2n) is 5.42. The van der Waals surface area contributed by atoms with Gasteiger partial charge in [0.2, 0.25) is 5.13 Å². The van der Waals surface area contributed by atoms with E-state index < -0.39 is 5.97 Å². The topological polar surface area (TPSA) is 65.8 Å². The molecule has 1 heterocycles. The standard InChI is InChI=1S/C18H16ClN3O2S/c1-22(20-10-12-6-2-3-7-13(12)17(23)24)18-21-16(11-25-18)14-8-4-5-9-15(14)19/h4-11H,2-3H2,1H3,(H,23,24)/b20-10+. The molecule has 5 nitrogen and oxygen atoms in total. The van der Waals surface area contributed by atoms with Crippen molar-refractivity contribution in [3.05, 3.63) is 58.0 Å². The zero-order chi connectivity index (χ0) is 17.8. The van der Waals surface area contributed by atoms with E-state index in [0.717, 1.165) is 24.1 Å². The number of halogens is 1. The van der Waals surface area contributed by atoms with E-state index in [1.807, 2.05) is 35.7 Å². The van der Waals surface area contributed by atoms with Crippen LogP contribution in [0.1, 0.15) is 12.8 Å². The molecule has 1 aliphatic carbocycles. The average Bonchev–Trinajstić information content (AvgIpc) is 3.10. The molecule has 0 atom stereocenters. The van der Waals surface area contributed by atoms with Crippen LogP contribution in [-0.2, 0) is 4.79 Å². The zero-order valence-corrected chi connectivity index (χ0v) is 15.1. The van der Waals surface area contributed by atoms with Crippen molar-refractivity contribution >= 4 is 40.3 Å². The number of benzene rings is 1. The summed E-state index contributed by atoms with van der Waals surface area (Å²) in [6, 6.07) is 7.53. The number of carbonyl (C=O) groups is 1. The molecular weight excluding hydrogens is 358 g/mol. The first kappa shape index (κ1) is 17.4. The number of hydrogen-bond donors (Lipinski definition) is 1. The van der Waals surface area contributed by atoms with Gasteiger partial charge >= 0.3 is 5.97 Å². The molecule has 1 N–H and O–H groups in total. The maximum atomic E-state index is 11.3. The summed E-state index contributed by atoms with van der Waals surface area (Å²) in [5, 5.41) is 18.5. The van der Waals surface area contributed by atoms with E-state index in [1.165, 1.54) is 11.3 Å². The summed E-state index contributed by atoms with van der Waals surface area (Å²) in [4.78, 5) is 15.8. The number of carboxylic acids is 1. The molecule has 0 fully saturated rings. The van der Waals surface area contributed by atoms with Crippen molar-refractivity contribution in [3.8, 4) is 11.3 Å². The van der Waals surface area contributed by atoms with Gasteiger partial charge in [0.15, 0.2) is 0 Å². The lowest BCUT2D eigenvalue weighted by Crippen LogP contribution is -2.12. The van der Waals surface area contributed by atoms with Crippen LogP contribution in [-0.4, -0.2) is 29.3 Å². The van der Waals surface area contributed by atoms with E-state index >= 15 is 0 Å². The number of nitrogens with zero attached hydrogens (tertiary/aromatic N) is 3. The highest BCUT2D eigenvalue weighted by Crippen LogP contribution is 2.31. The molecule has 128 valence electrons. The normalized spacial score (nSPS) is 14.3. The van der Waals surface area contributed by atoms with Crippen LogP contribution in [0.15, 0.2) is 58.0 Å². The number of thiazole rings is 1. The Labute approximate surface area is 154 Å². The van der Waals surface area contributed by atoms with Crippen molar-refractivity contribution in [1.82, 2.24) is 4.98 Å². The van der Waals surface area contributed by atoms with E-state index in [2.05, 4.69) is 10.1 Å². The van der Waals surface area contributed by atoms with E-state index in [9.17, 15) is 9.90 Å². The second-order valence-corrected chi connectivity index (χ2v) is 6.67. The van der Waals surface area contributed by atoms with Crippen LogP contribution in [0.25, 0.3) is 11.3 Å². The molecule has 0 saturated carbocycles. The maximum absolute atomic E-state index is 11.3. The van der Waals surface area contributed by atoms with E-state index in [1.54, 1.807) is 24.3 Å². The summed E-state index contributed by atoms with van der Waals surface area (Å²) in [6.45, 7) is 0. The van der Waals surface area contributed by atoms with E-state index in [4.69, 9.17) is 11.6 Å². The highest BCUT2D eigenvalue weighted by Gasteiger charge is 2.15. The van der Waals surface area contributed by atoms with Crippen LogP contribution < -0.4 is 5.01 Å². The lowest BCUT2D eigenvalue weighted by atomic mass is 9.99. The van der Waals surface area contributed by atoms with Gasteiger partial charge in [-0.1, -0.05) is 42.0 Å². The van der Waals surface area contributed by atoms with Gasteiger partial charge in [-0.05, 0) is 18.9 Å². The summed E-state index contributed by atoms with van der Waals surface area (Å²) < 4.78 is 0. The van der Waals surface area contributed by atoms with Crippen LogP contribution in [0.5, 0.6) is 0 Å². The molecule has 0 radical (unpaired) electrons. The number of anilines is 1. The third kappa shape index (κ3) is 3.97. The summed E-state index contributed by atoms with van der Waals surface area (Å²) in [5.41, 5.74) is 2.57. The molecule has 0 spiro atoms. The number of aliphatic carboxylic acids is 1. The van der Waals surface area contributed by atoms with Crippen molar-refractivity contribution in [2.45, 2.75) is 12.8 Å². The molecule has 1 aromatic carbocycles. The predicted octanol–water partition coefficient (Wildman–Crippen LogP) is 4.62. The Morgan fingerprint density at radius 3 is 2.88 bits per heavy atom. The molecule has 0 saturated heterocycles. The lowest BCUT2D eigenvalue weighted by molar-refractivity contribution is -0.132. The SMILES string of the molecule is CN(/N=C/C1=CCCC=C1C(=O)O)c1nc(-c2ccccc2Cl)cs1. The minimum Gasteiger partial charge on any atom is -0.478 e. The molecule has 0 aliphatic heterocycles. The van der Waals surface area contributed by atoms with Crippen molar-refractivity contribution in [2.75, 3.05) is 12.1 Å². The van der Waals surface area contributed by atoms with Crippen molar-refractivity contribution in [2.24, 2.45) is 5.10 Å². The highest BCUT2D eigenvalue weighted by atomic mass is 35.5. The molecule has 1 aliphatic rings. The molecule has 0 bridgehead atoms. The van der Waals surface area contributed by atoms with Crippen LogP contribution in [0.2, 0.25) is 5.02 Å². The van der Waals surface area contributed by atoms with Gasteiger partial charge in [0, 0.05) is 28.6 Å². The molecular formula is C18H16ClN3O2S. The smallest absolute Gasteiger partial charge is 0.336 e. The highest BCUT2D eigenvalue weighted by molar-refractivity contribution is 7.14. The Bertz CT molecular complexity index is 886. The number of allylic oxidation sites excluding steroid dienone is 2. The minimum absolute atomic E-state index is 0.291. The van der Waals surface area contributed by atoms with Crippen molar-refractivity contribution in [3.63, 3.8) is 0 Å². The fraction of sp³-hybridized carbons (Fsp3) is 0.167. The number of hydrazone groups is 1. The first-order chi connectivity index (χ1) is 12.1. The first-order valence-electron chi connectivity index (χ1n) is 7.68. The monoisotopic (exact) mass is 373 g/mol. The molecule has 2 aromatic rings. The number of hydrogen-bond acceptors (Lipinski definition) is 5. The third-order valence-electron chi connectivity index (χ3n) is 3.71. The van der Waals surface area contributed by atoms with Gasteiger partial charge < -0.3 is 5.11 Å². The zero-order valence-electron chi connectivity index (χ0n) is 13.5.